The van der Waals surface area contributed by atoms with Crippen LogP contribution in [0.2, 0.25) is 0 Å². The van der Waals surface area contributed by atoms with Gasteiger partial charge in [0.1, 0.15) is 17.7 Å². The summed E-state index contributed by atoms with van der Waals surface area (Å²) in [6.07, 6.45) is 3.11. The van der Waals surface area contributed by atoms with Crippen LogP contribution in [-0.2, 0) is 24.3 Å². The zero-order valence-electron chi connectivity index (χ0n) is 18.7. The molecular formula is C24H30N2O5S. The van der Waals surface area contributed by atoms with Gasteiger partial charge >= 0.3 is 5.97 Å². The molecule has 3 atom stereocenters. The molecule has 8 heteroatoms. The molecule has 1 amide bonds. The number of carbonyl (C=O) groups excluding carboxylic acids is 2. The van der Waals surface area contributed by atoms with Gasteiger partial charge in [-0.2, -0.15) is 4.72 Å². The first-order chi connectivity index (χ1) is 15.1. The Morgan fingerprint density at radius 1 is 1.03 bits per heavy atom. The van der Waals surface area contributed by atoms with Gasteiger partial charge in [-0.05, 0) is 64.3 Å². The van der Waals surface area contributed by atoms with E-state index in [9.17, 15) is 18.0 Å². The minimum Gasteiger partial charge on any atom is -0.458 e. The Morgan fingerprint density at radius 2 is 1.75 bits per heavy atom. The number of hydrogen-bond acceptors (Lipinski definition) is 5. The smallest absolute Gasteiger partial charge is 0.329 e. The predicted octanol–water partition coefficient (Wildman–Crippen LogP) is 3.37. The second-order valence-electron chi connectivity index (χ2n) is 9.61. The van der Waals surface area contributed by atoms with Crippen LogP contribution >= 0.6 is 0 Å². The maximum absolute atomic E-state index is 13.5. The molecule has 32 heavy (non-hydrogen) atoms. The molecule has 0 bridgehead atoms. The fourth-order valence-corrected chi connectivity index (χ4v) is 6.21. The number of rotatable bonds is 4. The first-order valence-corrected chi connectivity index (χ1v) is 12.6. The van der Waals surface area contributed by atoms with Crippen molar-refractivity contribution in [2.24, 2.45) is 0 Å². The van der Waals surface area contributed by atoms with E-state index in [0.29, 0.717) is 24.6 Å². The number of sulfonamides is 1. The Labute approximate surface area is 189 Å². The topological polar surface area (TPSA) is 92.8 Å². The summed E-state index contributed by atoms with van der Waals surface area (Å²) in [5.41, 5.74) is -0.653. The van der Waals surface area contributed by atoms with Crippen molar-refractivity contribution in [3.8, 4) is 0 Å². The molecular weight excluding hydrogens is 428 g/mol. The summed E-state index contributed by atoms with van der Waals surface area (Å²) in [6, 6.07) is 10.7. The third-order valence-electron chi connectivity index (χ3n) is 6.10. The molecule has 2 aliphatic rings. The third-order valence-corrected chi connectivity index (χ3v) is 7.63. The van der Waals surface area contributed by atoms with Gasteiger partial charge in [-0.3, -0.25) is 4.79 Å². The monoisotopic (exact) mass is 458 g/mol. The van der Waals surface area contributed by atoms with E-state index in [4.69, 9.17) is 4.74 Å². The molecule has 0 spiro atoms. The van der Waals surface area contributed by atoms with Crippen molar-refractivity contribution >= 4 is 32.7 Å². The third kappa shape index (κ3) is 4.52. The molecule has 2 aliphatic heterocycles. The van der Waals surface area contributed by atoms with Crippen molar-refractivity contribution in [1.82, 2.24) is 9.62 Å². The number of fused-ring (bicyclic) bond motifs is 2. The first kappa shape index (κ1) is 22.7. The summed E-state index contributed by atoms with van der Waals surface area (Å²) in [5, 5.41) is 1.42. The number of ether oxygens (including phenoxy) is 1. The van der Waals surface area contributed by atoms with Crippen molar-refractivity contribution in [2.75, 3.05) is 0 Å². The van der Waals surface area contributed by atoms with Gasteiger partial charge in [-0.25, -0.2) is 13.2 Å². The molecule has 2 saturated heterocycles. The van der Waals surface area contributed by atoms with Gasteiger partial charge < -0.3 is 9.64 Å². The van der Waals surface area contributed by atoms with Crippen molar-refractivity contribution in [3.05, 3.63) is 42.5 Å². The minimum atomic E-state index is -3.94. The average molecular weight is 459 g/mol. The normalized spacial score (nSPS) is 24.3. The molecule has 2 fully saturated rings. The Hall–Kier alpha value is -2.45. The maximum Gasteiger partial charge on any atom is 0.329 e. The lowest BCUT2D eigenvalue weighted by atomic mass is 10.1. The molecule has 7 nitrogen and oxygen atoms in total. The predicted molar refractivity (Wildman–Crippen MR) is 121 cm³/mol. The van der Waals surface area contributed by atoms with Gasteiger partial charge in [0.15, 0.2) is 0 Å². The largest absolute Gasteiger partial charge is 0.458 e. The van der Waals surface area contributed by atoms with Crippen LogP contribution in [0.5, 0.6) is 0 Å². The van der Waals surface area contributed by atoms with Crippen molar-refractivity contribution in [1.29, 1.82) is 0 Å². The molecule has 0 saturated carbocycles. The molecule has 2 heterocycles. The number of benzene rings is 2. The lowest BCUT2D eigenvalue weighted by molar-refractivity contribution is -0.164. The van der Waals surface area contributed by atoms with Crippen LogP contribution in [0.4, 0.5) is 0 Å². The number of nitrogens with zero attached hydrogens (tertiary/aromatic N) is 1. The first-order valence-electron chi connectivity index (χ1n) is 11.1. The molecule has 0 unspecified atom stereocenters. The highest BCUT2D eigenvalue weighted by Gasteiger charge is 2.46. The van der Waals surface area contributed by atoms with Gasteiger partial charge in [0.2, 0.25) is 15.9 Å². The molecule has 4 rings (SSSR count). The van der Waals surface area contributed by atoms with E-state index in [1.807, 2.05) is 18.2 Å². The molecule has 172 valence electrons. The fraction of sp³-hybridized carbons (Fsp3) is 0.500. The second kappa shape index (κ2) is 8.48. The highest BCUT2D eigenvalue weighted by atomic mass is 32.2. The lowest BCUT2D eigenvalue weighted by Crippen LogP contribution is -2.53. The van der Waals surface area contributed by atoms with Gasteiger partial charge in [-0.15, -0.1) is 0 Å². The van der Waals surface area contributed by atoms with Gasteiger partial charge in [0, 0.05) is 11.4 Å². The molecule has 0 aromatic heterocycles. The van der Waals surface area contributed by atoms with Gasteiger partial charge in [0.05, 0.1) is 4.90 Å². The summed E-state index contributed by atoms with van der Waals surface area (Å²) in [7, 11) is -3.94. The standard InChI is InChI=1S/C24H30N2O5S/c1-24(2,3)31-23(28)20-15-14-17-10-7-12-19(22(27)26(17)20)25-32(29,30)21-13-6-9-16-8-4-5-11-18(16)21/h4-6,8-9,11,13,17,19-20,25H,7,10,12,14-15H2,1-3H3/t17-,19-,20-/m0/s1. The van der Waals surface area contributed by atoms with Crippen LogP contribution in [0.25, 0.3) is 10.8 Å². The van der Waals surface area contributed by atoms with E-state index in [2.05, 4.69) is 4.72 Å². The number of nitrogens with one attached hydrogen (secondary N) is 1. The van der Waals surface area contributed by atoms with Crippen LogP contribution in [-0.4, -0.2) is 48.9 Å². The van der Waals surface area contributed by atoms with Crippen molar-refractivity contribution in [3.63, 3.8) is 0 Å². The van der Waals surface area contributed by atoms with E-state index < -0.39 is 33.7 Å². The summed E-state index contributed by atoms with van der Waals surface area (Å²) in [4.78, 5) is 28.0. The van der Waals surface area contributed by atoms with Gasteiger partial charge in [0.25, 0.3) is 0 Å². The lowest BCUT2D eigenvalue weighted by Gasteiger charge is -2.31. The summed E-state index contributed by atoms with van der Waals surface area (Å²) < 4.78 is 34.8. The van der Waals surface area contributed by atoms with Gasteiger partial charge in [-0.1, -0.05) is 36.4 Å². The number of amides is 1. The fourth-order valence-electron chi connectivity index (χ4n) is 4.75. The van der Waals surface area contributed by atoms with Crippen molar-refractivity contribution in [2.45, 2.75) is 81.5 Å². The Kier molecular flexibility index (Phi) is 6.02. The molecule has 0 aliphatic carbocycles. The second-order valence-corrected chi connectivity index (χ2v) is 11.3. The Morgan fingerprint density at radius 3 is 2.50 bits per heavy atom. The van der Waals surface area contributed by atoms with Crippen LogP contribution in [0.15, 0.2) is 47.4 Å². The zero-order chi connectivity index (χ0) is 23.1. The van der Waals surface area contributed by atoms with E-state index in [1.165, 1.54) is 0 Å². The maximum atomic E-state index is 13.5. The van der Waals surface area contributed by atoms with Crippen LogP contribution in [0.3, 0.4) is 0 Å². The molecule has 2 aromatic rings. The highest BCUT2D eigenvalue weighted by Crippen LogP contribution is 2.33. The van der Waals surface area contributed by atoms with E-state index in [1.54, 1.807) is 49.9 Å². The minimum absolute atomic E-state index is 0.0629. The van der Waals surface area contributed by atoms with Crippen LogP contribution < -0.4 is 4.72 Å². The SMILES string of the molecule is CC(C)(C)OC(=O)[C@@H]1CC[C@@H]2CCC[C@H](NS(=O)(=O)c3cccc4ccccc34)C(=O)N21. The number of hydrogen-bond donors (Lipinski definition) is 1. The Balaban J connectivity index is 1.60. The van der Waals surface area contributed by atoms with E-state index in [-0.39, 0.29) is 16.8 Å². The summed E-state index contributed by atoms with van der Waals surface area (Å²) in [5.74, 6) is -0.768. The molecule has 2 aromatic carbocycles. The van der Waals surface area contributed by atoms with Crippen LogP contribution in [0, 0.1) is 0 Å². The van der Waals surface area contributed by atoms with E-state index in [0.717, 1.165) is 18.2 Å². The Bertz CT molecular complexity index is 1130. The molecule has 1 N–H and O–H groups in total. The van der Waals surface area contributed by atoms with E-state index >= 15 is 0 Å². The summed E-state index contributed by atoms with van der Waals surface area (Å²) >= 11 is 0. The molecule has 0 radical (unpaired) electrons. The summed E-state index contributed by atoms with van der Waals surface area (Å²) in [6.45, 7) is 5.38. The van der Waals surface area contributed by atoms with Crippen molar-refractivity contribution < 1.29 is 22.7 Å². The van der Waals surface area contributed by atoms with Crippen LogP contribution in [0.1, 0.15) is 52.9 Å². The average Bonchev–Trinajstić information content (AvgIpc) is 3.08. The zero-order valence-corrected chi connectivity index (χ0v) is 19.5. The number of carbonyl (C=O) groups is 2. The highest BCUT2D eigenvalue weighted by molar-refractivity contribution is 7.89. The number of esters is 1. The quantitative estimate of drug-likeness (QED) is 0.709.